The summed E-state index contributed by atoms with van der Waals surface area (Å²) in [7, 11) is 1.91. The Balaban J connectivity index is 2.31. The number of rotatable bonds is 1. The highest BCUT2D eigenvalue weighted by molar-refractivity contribution is 6.31. The number of hydrogen-bond acceptors (Lipinski definition) is 2. The van der Waals surface area contributed by atoms with E-state index in [-0.39, 0.29) is 5.75 Å². The van der Waals surface area contributed by atoms with Crippen molar-refractivity contribution in [1.82, 2.24) is 9.55 Å². The second-order valence-electron chi connectivity index (χ2n) is 4.14. The van der Waals surface area contributed by atoms with E-state index in [2.05, 4.69) is 4.98 Å². The number of benzene rings is 2. The molecule has 0 radical (unpaired) electrons. The third kappa shape index (κ3) is 1.64. The van der Waals surface area contributed by atoms with Gasteiger partial charge in [-0.15, -0.1) is 0 Å². The van der Waals surface area contributed by atoms with E-state index in [0.29, 0.717) is 10.6 Å². The number of halogens is 1. The average molecular weight is 259 g/mol. The molecule has 3 aromatic rings. The van der Waals surface area contributed by atoms with E-state index in [9.17, 15) is 5.11 Å². The van der Waals surface area contributed by atoms with Crippen LogP contribution < -0.4 is 0 Å². The van der Waals surface area contributed by atoms with E-state index in [4.69, 9.17) is 11.6 Å². The maximum atomic E-state index is 9.89. The molecule has 3 nitrogen and oxygen atoms in total. The van der Waals surface area contributed by atoms with Gasteiger partial charge in [-0.1, -0.05) is 23.7 Å². The van der Waals surface area contributed by atoms with E-state index < -0.39 is 0 Å². The van der Waals surface area contributed by atoms with Gasteiger partial charge in [-0.25, -0.2) is 4.98 Å². The van der Waals surface area contributed by atoms with Gasteiger partial charge in [-0.05, 0) is 30.3 Å². The lowest BCUT2D eigenvalue weighted by Gasteiger charge is -2.04. The molecule has 3 rings (SSSR count). The molecule has 0 bridgehead atoms. The molecule has 0 atom stereocenters. The van der Waals surface area contributed by atoms with Crippen LogP contribution in [0.3, 0.4) is 0 Å². The van der Waals surface area contributed by atoms with Gasteiger partial charge in [0.2, 0.25) is 0 Å². The molecule has 0 saturated heterocycles. The normalized spacial score (nSPS) is 11.0. The van der Waals surface area contributed by atoms with Crippen LogP contribution in [0.4, 0.5) is 0 Å². The van der Waals surface area contributed by atoms with Crippen molar-refractivity contribution in [3.8, 4) is 17.1 Å². The summed E-state index contributed by atoms with van der Waals surface area (Å²) in [6, 6.07) is 12.7. The number of hydrogen-bond donors (Lipinski definition) is 1. The summed E-state index contributed by atoms with van der Waals surface area (Å²) in [6.07, 6.45) is 0. The molecular weight excluding hydrogens is 248 g/mol. The Hall–Kier alpha value is -2.00. The summed E-state index contributed by atoms with van der Waals surface area (Å²) < 4.78 is 1.93. The molecule has 0 fully saturated rings. The SMILES string of the molecule is Cn1c(-c2ccccc2O)nc2ccc(Cl)cc21. The minimum absolute atomic E-state index is 0.224. The van der Waals surface area contributed by atoms with Crippen LogP contribution in [0.15, 0.2) is 42.5 Å². The van der Waals surface area contributed by atoms with Crippen molar-refractivity contribution in [3.63, 3.8) is 0 Å². The molecule has 0 saturated carbocycles. The lowest BCUT2D eigenvalue weighted by atomic mass is 10.2. The Morgan fingerprint density at radius 3 is 2.72 bits per heavy atom. The maximum absolute atomic E-state index is 9.89. The quantitative estimate of drug-likeness (QED) is 0.724. The second kappa shape index (κ2) is 4.03. The van der Waals surface area contributed by atoms with Crippen LogP contribution in [-0.4, -0.2) is 14.7 Å². The molecule has 1 heterocycles. The number of fused-ring (bicyclic) bond motifs is 1. The Morgan fingerprint density at radius 1 is 1.17 bits per heavy atom. The molecule has 0 aliphatic heterocycles. The van der Waals surface area contributed by atoms with Gasteiger partial charge in [0, 0.05) is 12.1 Å². The molecule has 0 aliphatic rings. The van der Waals surface area contributed by atoms with Crippen LogP contribution in [0.2, 0.25) is 5.02 Å². The van der Waals surface area contributed by atoms with Crippen LogP contribution in [-0.2, 0) is 7.05 Å². The molecule has 0 amide bonds. The van der Waals surface area contributed by atoms with Gasteiger partial charge in [0.25, 0.3) is 0 Å². The summed E-state index contributed by atoms with van der Waals surface area (Å²) >= 11 is 5.99. The Kier molecular flexibility index (Phi) is 2.49. The molecule has 0 unspecified atom stereocenters. The number of aromatic hydroxyl groups is 1. The monoisotopic (exact) mass is 258 g/mol. The molecule has 1 N–H and O–H groups in total. The molecule has 2 aromatic carbocycles. The predicted octanol–water partition coefficient (Wildman–Crippen LogP) is 3.60. The molecule has 18 heavy (non-hydrogen) atoms. The Labute approximate surface area is 109 Å². The van der Waals surface area contributed by atoms with Crippen LogP contribution in [0.25, 0.3) is 22.4 Å². The Bertz CT molecular complexity index is 734. The smallest absolute Gasteiger partial charge is 0.144 e. The zero-order chi connectivity index (χ0) is 12.7. The summed E-state index contributed by atoms with van der Waals surface area (Å²) in [5, 5.41) is 10.6. The topological polar surface area (TPSA) is 38.0 Å². The zero-order valence-electron chi connectivity index (χ0n) is 9.76. The van der Waals surface area contributed by atoms with E-state index >= 15 is 0 Å². The number of imidazole rings is 1. The first kappa shape index (κ1) is 11.1. The van der Waals surface area contributed by atoms with Crippen molar-refractivity contribution in [2.24, 2.45) is 7.05 Å². The summed E-state index contributed by atoms with van der Waals surface area (Å²) in [6.45, 7) is 0. The van der Waals surface area contributed by atoms with Gasteiger partial charge in [0.1, 0.15) is 11.6 Å². The van der Waals surface area contributed by atoms with E-state index in [1.54, 1.807) is 12.1 Å². The molecule has 90 valence electrons. The highest BCUT2D eigenvalue weighted by atomic mass is 35.5. The fraction of sp³-hybridized carbons (Fsp3) is 0.0714. The first-order valence-corrected chi connectivity index (χ1v) is 5.95. The maximum Gasteiger partial charge on any atom is 0.144 e. The molecule has 0 spiro atoms. The van der Waals surface area contributed by atoms with E-state index in [1.807, 2.05) is 41.9 Å². The van der Waals surface area contributed by atoms with Gasteiger partial charge < -0.3 is 9.67 Å². The van der Waals surface area contributed by atoms with Crippen LogP contribution in [0.5, 0.6) is 5.75 Å². The fourth-order valence-electron chi connectivity index (χ4n) is 2.07. The van der Waals surface area contributed by atoms with Crippen molar-refractivity contribution < 1.29 is 5.11 Å². The molecule has 0 aliphatic carbocycles. The van der Waals surface area contributed by atoms with Gasteiger partial charge in [-0.3, -0.25) is 0 Å². The summed E-state index contributed by atoms with van der Waals surface area (Å²) in [4.78, 5) is 4.53. The van der Waals surface area contributed by atoms with Crippen molar-refractivity contribution in [3.05, 3.63) is 47.5 Å². The molecule has 1 aromatic heterocycles. The van der Waals surface area contributed by atoms with Gasteiger partial charge >= 0.3 is 0 Å². The van der Waals surface area contributed by atoms with Crippen LogP contribution in [0, 0.1) is 0 Å². The van der Waals surface area contributed by atoms with Crippen molar-refractivity contribution in [1.29, 1.82) is 0 Å². The van der Waals surface area contributed by atoms with Crippen LogP contribution in [0.1, 0.15) is 0 Å². The van der Waals surface area contributed by atoms with Crippen molar-refractivity contribution >= 4 is 22.6 Å². The highest BCUT2D eigenvalue weighted by Crippen LogP contribution is 2.30. The highest BCUT2D eigenvalue weighted by Gasteiger charge is 2.12. The Morgan fingerprint density at radius 2 is 1.94 bits per heavy atom. The van der Waals surface area contributed by atoms with Gasteiger partial charge in [0.15, 0.2) is 0 Å². The number of aryl methyl sites for hydroxylation is 1. The van der Waals surface area contributed by atoms with E-state index in [0.717, 1.165) is 16.9 Å². The van der Waals surface area contributed by atoms with Crippen molar-refractivity contribution in [2.45, 2.75) is 0 Å². The lowest BCUT2D eigenvalue weighted by Crippen LogP contribution is -1.92. The number of para-hydroxylation sites is 1. The zero-order valence-corrected chi connectivity index (χ0v) is 10.5. The summed E-state index contributed by atoms with van der Waals surface area (Å²) in [5.41, 5.74) is 2.52. The standard InChI is InChI=1S/C14H11ClN2O/c1-17-12-8-9(15)6-7-11(12)16-14(17)10-4-2-3-5-13(10)18/h2-8,18H,1H3. The number of aromatic nitrogens is 2. The van der Waals surface area contributed by atoms with Gasteiger partial charge in [0.05, 0.1) is 16.6 Å². The second-order valence-corrected chi connectivity index (χ2v) is 4.58. The average Bonchev–Trinajstić information content (AvgIpc) is 2.68. The third-order valence-electron chi connectivity index (χ3n) is 2.99. The predicted molar refractivity (Wildman–Crippen MR) is 72.8 cm³/mol. The first-order valence-electron chi connectivity index (χ1n) is 5.57. The largest absolute Gasteiger partial charge is 0.507 e. The molecule has 4 heteroatoms. The van der Waals surface area contributed by atoms with E-state index in [1.165, 1.54) is 0 Å². The lowest BCUT2D eigenvalue weighted by molar-refractivity contribution is 0.476. The number of phenols is 1. The van der Waals surface area contributed by atoms with Gasteiger partial charge in [-0.2, -0.15) is 0 Å². The third-order valence-corrected chi connectivity index (χ3v) is 3.22. The minimum Gasteiger partial charge on any atom is -0.507 e. The first-order chi connectivity index (χ1) is 8.66. The number of phenolic OH excluding ortho intramolecular Hbond substituents is 1. The number of nitrogens with zero attached hydrogens (tertiary/aromatic N) is 2. The van der Waals surface area contributed by atoms with Crippen LogP contribution >= 0.6 is 11.6 Å². The molecular formula is C14H11ClN2O. The minimum atomic E-state index is 0.224. The summed E-state index contributed by atoms with van der Waals surface area (Å²) in [5.74, 6) is 0.951. The van der Waals surface area contributed by atoms with Crippen molar-refractivity contribution in [2.75, 3.05) is 0 Å². The fourth-order valence-corrected chi connectivity index (χ4v) is 2.23.